The number of phenols is 1. The summed E-state index contributed by atoms with van der Waals surface area (Å²) in [5, 5.41) is 13.7. The first-order valence-corrected chi connectivity index (χ1v) is 15.7. The van der Waals surface area contributed by atoms with Gasteiger partial charge in [-0.3, -0.25) is 0 Å². The van der Waals surface area contributed by atoms with Crippen molar-refractivity contribution in [2.45, 2.75) is 169 Å². The van der Waals surface area contributed by atoms with Gasteiger partial charge in [-0.1, -0.05) is 145 Å². The molecule has 0 radical (unpaired) electrons. The van der Waals surface area contributed by atoms with E-state index in [1.54, 1.807) is 0 Å². The van der Waals surface area contributed by atoms with E-state index in [-0.39, 0.29) is 23.5 Å². The molecule has 0 saturated carbocycles. The van der Waals surface area contributed by atoms with Gasteiger partial charge in [0, 0.05) is 6.54 Å². The molecule has 220 valence electrons. The minimum Gasteiger partial charge on any atom is -0.507 e. The SMILES string of the molecule is CCCCCCCCCCCCCCCCCCNC(=O)OCc1cc(C(C)(C)C)c(O)c(C(C)(C)C)c1. The first-order valence-electron chi connectivity index (χ1n) is 15.7. The molecule has 0 spiro atoms. The summed E-state index contributed by atoms with van der Waals surface area (Å²) in [6, 6.07) is 3.93. The van der Waals surface area contributed by atoms with Gasteiger partial charge in [0.1, 0.15) is 12.4 Å². The number of nitrogens with one attached hydrogen (secondary N) is 1. The molecule has 0 aromatic heterocycles. The number of carbonyl (C=O) groups is 1. The van der Waals surface area contributed by atoms with E-state index in [0.717, 1.165) is 29.5 Å². The van der Waals surface area contributed by atoms with Crippen molar-refractivity contribution < 1.29 is 14.6 Å². The van der Waals surface area contributed by atoms with Crippen LogP contribution in [0.1, 0.15) is 168 Å². The molecule has 1 aromatic carbocycles. The zero-order chi connectivity index (χ0) is 28.4. The Morgan fingerprint density at radius 2 is 1.05 bits per heavy atom. The van der Waals surface area contributed by atoms with Gasteiger partial charge in [-0.05, 0) is 46.1 Å². The number of amides is 1. The summed E-state index contributed by atoms with van der Waals surface area (Å²) in [7, 11) is 0. The van der Waals surface area contributed by atoms with E-state index in [2.05, 4.69) is 53.8 Å². The molecule has 0 saturated heterocycles. The lowest BCUT2D eigenvalue weighted by Gasteiger charge is -2.28. The lowest BCUT2D eigenvalue weighted by molar-refractivity contribution is 0.139. The molecule has 1 rings (SSSR count). The second kappa shape index (κ2) is 18.6. The van der Waals surface area contributed by atoms with E-state index < -0.39 is 0 Å². The van der Waals surface area contributed by atoms with Crippen molar-refractivity contribution in [1.29, 1.82) is 0 Å². The molecule has 1 aromatic rings. The van der Waals surface area contributed by atoms with Crippen LogP contribution in [0.25, 0.3) is 0 Å². The Kier molecular flexibility index (Phi) is 16.8. The largest absolute Gasteiger partial charge is 0.507 e. The highest BCUT2D eigenvalue weighted by Crippen LogP contribution is 2.39. The Hall–Kier alpha value is -1.71. The van der Waals surface area contributed by atoms with Gasteiger partial charge in [0.25, 0.3) is 0 Å². The quantitative estimate of drug-likeness (QED) is 0.175. The predicted octanol–water partition coefficient (Wildman–Crippen LogP) is 10.5. The average molecular weight is 532 g/mol. The topological polar surface area (TPSA) is 58.6 Å². The molecule has 1 amide bonds. The summed E-state index contributed by atoms with van der Waals surface area (Å²) in [4.78, 5) is 12.2. The smallest absolute Gasteiger partial charge is 0.407 e. The summed E-state index contributed by atoms with van der Waals surface area (Å²) < 4.78 is 5.50. The standard InChI is InChI=1S/C34H61NO3/c1-8-9-10-11-12-13-14-15-16-17-18-19-20-21-22-23-24-35-32(37)38-27-28-25-29(33(2,3)4)31(36)30(26-28)34(5,6)7/h25-26,36H,8-24,27H2,1-7H3,(H,35,37). The van der Waals surface area contributed by atoms with Crippen molar-refractivity contribution >= 4 is 6.09 Å². The number of phenolic OH excluding ortho intramolecular Hbond substituents is 1. The fourth-order valence-corrected chi connectivity index (χ4v) is 4.98. The van der Waals surface area contributed by atoms with Crippen molar-refractivity contribution in [2.24, 2.45) is 0 Å². The van der Waals surface area contributed by atoms with Crippen LogP contribution in [-0.4, -0.2) is 17.7 Å². The van der Waals surface area contributed by atoms with E-state index in [1.807, 2.05) is 12.1 Å². The number of alkyl carbamates (subject to hydrolysis) is 1. The predicted molar refractivity (Wildman–Crippen MR) is 163 cm³/mol. The van der Waals surface area contributed by atoms with Gasteiger partial charge in [-0.25, -0.2) is 4.79 Å². The molecule has 4 heteroatoms. The van der Waals surface area contributed by atoms with E-state index in [1.165, 1.54) is 89.9 Å². The van der Waals surface area contributed by atoms with E-state index in [0.29, 0.717) is 12.3 Å². The molecule has 0 atom stereocenters. The third-order valence-corrected chi connectivity index (χ3v) is 7.46. The van der Waals surface area contributed by atoms with Crippen LogP contribution in [-0.2, 0) is 22.2 Å². The Bertz CT molecular complexity index is 738. The molecule has 0 heterocycles. The first kappa shape index (κ1) is 34.3. The van der Waals surface area contributed by atoms with Gasteiger partial charge < -0.3 is 15.2 Å². The highest BCUT2D eigenvalue weighted by atomic mass is 16.5. The molecule has 0 unspecified atom stereocenters. The van der Waals surface area contributed by atoms with E-state index in [4.69, 9.17) is 4.74 Å². The Morgan fingerprint density at radius 1 is 0.684 bits per heavy atom. The van der Waals surface area contributed by atoms with Crippen LogP contribution in [0.4, 0.5) is 4.79 Å². The fraction of sp³-hybridized carbons (Fsp3) is 0.794. The van der Waals surface area contributed by atoms with Crippen LogP contribution in [0.15, 0.2) is 12.1 Å². The Morgan fingerprint density at radius 3 is 1.42 bits per heavy atom. The van der Waals surface area contributed by atoms with Crippen LogP contribution in [0.5, 0.6) is 5.75 Å². The number of benzene rings is 1. The summed E-state index contributed by atoms with van der Waals surface area (Å²) in [5.74, 6) is 0.349. The minimum absolute atomic E-state index is 0.199. The molecule has 4 nitrogen and oxygen atoms in total. The maximum Gasteiger partial charge on any atom is 0.407 e. The van der Waals surface area contributed by atoms with Crippen molar-refractivity contribution in [2.75, 3.05) is 6.54 Å². The second-order valence-electron chi connectivity index (χ2n) is 13.3. The maximum absolute atomic E-state index is 12.2. The molecular weight excluding hydrogens is 470 g/mol. The summed E-state index contributed by atoms with van der Waals surface area (Å²) >= 11 is 0. The minimum atomic E-state index is -0.367. The molecule has 0 aliphatic carbocycles. The number of hydrogen-bond acceptors (Lipinski definition) is 3. The van der Waals surface area contributed by atoms with Crippen molar-refractivity contribution in [1.82, 2.24) is 5.32 Å². The van der Waals surface area contributed by atoms with Crippen molar-refractivity contribution in [3.8, 4) is 5.75 Å². The van der Waals surface area contributed by atoms with E-state index >= 15 is 0 Å². The number of hydrogen-bond donors (Lipinski definition) is 2. The molecule has 0 aliphatic rings. The third kappa shape index (κ3) is 15.0. The Labute approximate surface area is 235 Å². The number of ether oxygens (including phenoxy) is 1. The monoisotopic (exact) mass is 531 g/mol. The fourth-order valence-electron chi connectivity index (χ4n) is 4.98. The zero-order valence-corrected chi connectivity index (χ0v) is 26.1. The first-order chi connectivity index (χ1) is 18.0. The van der Waals surface area contributed by atoms with Crippen LogP contribution in [0, 0.1) is 0 Å². The van der Waals surface area contributed by atoms with Crippen LogP contribution in [0.2, 0.25) is 0 Å². The van der Waals surface area contributed by atoms with Gasteiger partial charge in [-0.2, -0.15) is 0 Å². The highest BCUT2D eigenvalue weighted by molar-refractivity contribution is 5.67. The van der Waals surface area contributed by atoms with Gasteiger partial charge in [0.05, 0.1) is 0 Å². The van der Waals surface area contributed by atoms with Crippen molar-refractivity contribution in [3.63, 3.8) is 0 Å². The number of aromatic hydroxyl groups is 1. The molecular formula is C34H61NO3. The van der Waals surface area contributed by atoms with Crippen molar-refractivity contribution in [3.05, 3.63) is 28.8 Å². The van der Waals surface area contributed by atoms with Crippen LogP contribution >= 0.6 is 0 Å². The summed E-state index contributed by atoms with van der Waals surface area (Å²) in [5.41, 5.74) is 2.29. The zero-order valence-electron chi connectivity index (χ0n) is 26.1. The molecule has 2 N–H and O–H groups in total. The Balaban J connectivity index is 2.13. The van der Waals surface area contributed by atoms with Gasteiger partial charge in [0.2, 0.25) is 0 Å². The summed E-state index contributed by atoms with van der Waals surface area (Å²) in [6.45, 7) is 15.7. The molecule has 0 aliphatic heterocycles. The molecule has 38 heavy (non-hydrogen) atoms. The molecule has 0 bridgehead atoms. The third-order valence-electron chi connectivity index (χ3n) is 7.46. The average Bonchev–Trinajstić information content (AvgIpc) is 2.83. The maximum atomic E-state index is 12.2. The lowest BCUT2D eigenvalue weighted by Crippen LogP contribution is -2.25. The second-order valence-corrected chi connectivity index (χ2v) is 13.3. The van der Waals surface area contributed by atoms with Crippen LogP contribution in [0.3, 0.4) is 0 Å². The van der Waals surface area contributed by atoms with E-state index in [9.17, 15) is 9.90 Å². The highest BCUT2D eigenvalue weighted by Gasteiger charge is 2.26. The number of rotatable bonds is 19. The van der Waals surface area contributed by atoms with Gasteiger partial charge in [-0.15, -0.1) is 0 Å². The van der Waals surface area contributed by atoms with Gasteiger partial charge in [0.15, 0.2) is 0 Å². The lowest BCUT2D eigenvalue weighted by atomic mass is 9.78. The summed E-state index contributed by atoms with van der Waals surface area (Å²) in [6.07, 6.45) is 21.1. The van der Waals surface area contributed by atoms with Crippen LogP contribution < -0.4 is 5.32 Å². The normalized spacial score (nSPS) is 12.1. The van der Waals surface area contributed by atoms with Gasteiger partial charge >= 0.3 is 6.09 Å². The number of unbranched alkanes of at least 4 members (excludes halogenated alkanes) is 15. The number of carbonyl (C=O) groups excluding carboxylic acids is 1. The molecule has 0 fully saturated rings.